The molecule has 304 valence electrons. The molecule has 6 aromatic rings. The van der Waals surface area contributed by atoms with Crippen molar-refractivity contribution in [3.05, 3.63) is 112 Å². The third kappa shape index (κ3) is 8.86. The normalized spacial score (nSPS) is 13.4. The van der Waals surface area contributed by atoms with Crippen LogP contribution in [0.2, 0.25) is 5.02 Å². The molecule has 0 bridgehead atoms. The zero-order chi connectivity index (χ0) is 42.2. The summed E-state index contributed by atoms with van der Waals surface area (Å²) in [5, 5.41) is 17.2. The van der Waals surface area contributed by atoms with Crippen molar-refractivity contribution in [1.82, 2.24) is 14.9 Å². The quantitative estimate of drug-likeness (QED) is 0.161. The van der Waals surface area contributed by atoms with Crippen LogP contribution in [0.15, 0.2) is 78.9 Å². The second-order valence-corrected chi connectivity index (χ2v) is 17.4. The fraction of sp³-hybridized carbons (Fsp3) is 0.295. The molecule has 59 heavy (non-hydrogen) atoms. The maximum atomic E-state index is 17.6. The van der Waals surface area contributed by atoms with Crippen LogP contribution >= 0.6 is 22.9 Å². The second kappa shape index (κ2) is 16.3. The Kier molecular flexibility index (Phi) is 11.4. The minimum atomic E-state index is -0.827. The molecule has 11 nitrogen and oxygen atoms in total. The molecule has 7 rings (SSSR count). The summed E-state index contributed by atoms with van der Waals surface area (Å²) >= 11 is 7.87. The lowest BCUT2D eigenvalue weighted by Gasteiger charge is -2.37. The first-order valence-corrected chi connectivity index (χ1v) is 20.1. The van der Waals surface area contributed by atoms with Crippen LogP contribution < -0.4 is 15.5 Å². The van der Waals surface area contributed by atoms with Crippen molar-refractivity contribution in [2.45, 2.75) is 58.8 Å². The summed E-state index contributed by atoms with van der Waals surface area (Å²) in [6, 6.07) is 25.2. The highest BCUT2D eigenvalue weighted by Gasteiger charge is 2.32. The van der Waals surface area contributed by atoms with Crippen LogP contribution in [0.1, 0.15) is 64.3 Å². The number of nitrogens with zero attached hydrogens (tertiary/aromatic N) is 5. The van der Waals surface area contributed by atoms with Gasteiger partial charge in [0.25, 0.3) is 0 Å². The maximum absolute atomic E-state index is 17.6. The van der Waals surface area contributed by atoms with Gasteiger partial charge >= 0.3 is 12.2 Å². The van der Waals surface area contributed by atoms with E-state index in [1.165, 1.54) is 12.1 Å². The van der Waals surface area contributed by atoms with Crippen molar-refractivity contribution in [1.29, 1.82) is 5.26 Å². The number of hydrogen-bond donors (Lipinski definition) is 2. The van der Waals surface area contributed by atoms with E-state index in [9.17, 15) is 14.9 Å². The smallest absolute Gasteiger partial charge is 0.413 e. The Morgan fingerprint density at radius 2 is 1.47 bits per heavy atom. The van der Waals surface area contributed by atoms with E-state index in [1.54, 1.807) is 52.5 Å². The fourth-order valence-corrected chi connectivity index (χ4v) is 8.12. The molecule has 0 atom stereocenters. The number of halogens is 3. The average molecular weight is 838 g/mol. The summed E-state index contributed by atoms with van der Waals surface area (Å²) in [5.41, 5.74) is 0.859. The van der Waals surface area contributed by atoms with Crippen LogP contribution in [0, 0.1) is 23.0 Å². The van der Waals surface area contributed by atoms with Gasteiger partial charge in [0.2, 0.25) is 0 Å². The third-order valence-electron chi connectivity index (χ3n) is 9.42. The van der Waals surface area contributed by atoms with Crippen LogP contribution in [-0.2, 0) is 9.47 Å². The Bertz CT molecular complexity index is 2560. The van der Waals surface area contributed by atoms with Crippen molar-refractivity contribution in [3.8, 4) is 17.2 Å². The van der Waals surface area contributed by atoms with Gasteiger partial charge in [0.1, 0.15) is 40.0 Å². The van der Waals surface area contributed by atoms with Crippen LogP contribution in [0.5, 0.6) is 0 Å². The molecule has 2 amide bonds. The second-order valence-electron chi connectivity index (χ2n) is 16.0. The van der Waals surface area contributed by atoms with E-state index >= 15 is 8.78 Å². The van der Waals surface area contributed by atoms with Crippen molar-refractivity contribution < 1.29 is 27.8 Å². The minimum absolute atomic E-state index is 0.0379. The molecule has 15 heteroatoms. The van der Waals surface area contributed by atoms with E-state index in [1.807, 2.05) is 65.6 Å². The standard InChI is InChI=1S/C44H42ClF2N7O4S/c1-43(2,3)57-41(55)52-40-51-36-27(17-18-31(46)38(36)59-40)32-30(45)23-28-35(33(32)47)50-39(49-34(25-13-9-7-10-14-25)26-15-11-8-12-16-26)29(24-48)37(28)53-19-21-54(22-20-53)42(56)58-44(4,5)6/h7-18,23,34H,19-22H2,1-6H3,(H,49,50)(H,51,52,55). The number of thiazole rings is 1. The highest BCUT2D eigenvalue weighted by Crippen LogP contribution is 2.45. The van der Waals surface area contributed by atoms with Gasteiger partial charge in [0.05, 0.1) is 27.0 Å². The van der Waals surface area contributed by atoms with Crippen molar-refractivity contribution in [2.75, 3.05) is 41.7 Å². The van der Waals surface area contributed by atoms with Gasteiger partial charge in [-0.25, -0.2) is 28.3 Å². The first kappa shape index (κ1) is 41.1. The summed E-state index contributed by atoms with van der Waals surface area (Å²) in [7, 11) is 0. The molecule has 1 fully saturated rings. The number of rotatable bonds is 7. The first-order valence-electron chi connectivity index (χ1n) is 19.0. The van der Waals surface area contributed by atoms with Gasteiger partial charge in [-0.1, -0.05) is 83.6 Å². The highest BCUT2D eigenvalue weighted by atomic mass is 35.5. The number of hydrogen-bond acceptors (Lipinski definition) is 10. The number of pyridine rings is 1. The average Bonchev–Trinajstić information content (AvgIpc) is 3.61. The Hall–Kier alpha value is -6.04. The number of carbonyl (C=O) groups is 2. The van der Waals surface area contributed by atoms with Crippen molar-refractivity contribution in [3.63, 3.8) is 0 Å². The predicted molar refractivity (Wildman–Crippen MR) is 228 cm³/mol. The maximum Gasteiger partial charge on any atom is 0.413 e. The molecule has 4 aromatic carbocycles. The Balaban J connectivity index is 1.40. The van der Waals surface area contributed by atoms with E-state index in [2.05, 4.69) is 21.7 Å². The van der Waals surface area contributed by atoms with Crippen molar-refractivity contribution >= 4 is 72.9 Å². The number of anilines is 3. The van der Waals surface area contributed by atoms with Crippen LogP contribution in [0.25, 0.3) is 32.2 Å². The SMILES string of the molecule is CC(C)(C)OC(=O)Nc1nc2c(-c3c(Cl)cc4c(N5CCN(C(=O)OC(C)(C)C)CC5)c(C#N)c(NC(c5ccccc5)c5ccccc5)nc4c3F)ccc(F)c2s1. The topological polar surface area (TPSA) is 133 Å². The molecule has 0 saturated carbocycles. The number of benzene rings is 4. The van der Waals surface area contributed by atoms with E-state index in [-0.39, 0.29) is 66.9 Å². The summed E-state index contributed by atoms with van der Waals surface area (Å²) in [5.74, 6) is -1.33. The third-order valence-corrected chi connectivity index (χ3v) is 10.7. The number of aromatic nitrogens is 2. The lowest BCUT2D eigenvalue weighted by atomic mass is 9.97. The number of amides is 2. The van der Waals surface area contributed by atoms with Gasteiger partial charge in [-0.05, 0) is 70.9 Å². The monoisotopic (exact) mass is 837 g/mol. The van der Waals surface area contributed by atoms with Gasteiger partial charge in [0.15, 0.2) is 10.9 Å². The summed E-state index contributed by atoms with van der Waals surface area (Å²) in [6.07, 6.45) is -1.24. The van der Waals surface area contributed by atoms with E-state index in [0.29, 0.717) is 18.8 Å². The number of fused-ring (bicyclic) bond motifs is 2. The molecule has 2 N–H and O–H groups in total. The first-order chi connectivity index (χ1) is 28.0. The molecule has 1 saturated heterocycles. The molecule has 3 heterocycles. The number of ether oxygens (including phenoxy) is 2. The number of nitriles is 1. The molecule has 0 aliphatic carbocycles. The Labute approximate surface area is 349 Å². The molecule has 0 unspecified atom stereocenters. The summed E-state index contributed by atoms with van der Waals surface area (Å²) in [6.45, 7) is 11.7. The molecule has 0 radical (unpaired) electrons. The number of carbonyl (C=O) groups excluding carboxylic acids is 2. The zero-order valence-corrected chi connectivity index (χ0v) is 34.9. The van der Waals surface area contributed by atoms with E-state index in [0.717, 1.165) is 22.5 Å². The van der Waals surface area contributed by atoms with Crippen LogP contribution in [-0.4, -0.2) is 64.4 Å². The predicted octanol–water partition coefficient (Wildman–Crippen LogP) is 10.9. The van der Waals surface area contributed by atoms with E-state index < -0.39 is 41.1 Å². The molecule has 1 aliphatic heterocycles. The lowest BCUT2D eigenvalue weighted by Crippen LogP contribution is -2.50. The lowest BCUT2D eigenvalue weighted by molar-refractivity contribution is 0.0240. The Morgan fingerprint density at radius 3 is 2.05 bits per heavy atom. The van der Waals surface area contributed by atoms with E-state index in [4.69, 9.17) is 26.1 Å². The number of nitrogens with one attached hydrogen (secondary N) is 2. The molecule has 0 spiro atoms. The molecule has 1 aliphatic rings. The summed E-state index contributed by atoms with van der Waals surface area (Å²) < 4.78 is 43.9. The highest BCUT2D eigenvalue weighted by molar-refractivity contribution is 7.22. The van der Waals surface area contributed by atoms with Gasteiger partial charge in [-0.15, -0.1) is 0 Å². The van der Waals surface area contributed by atoms with Gasteiger partial charge in [-0.2, -0.15) is 5.26 Å². The largest absolute Gasteiger partial charge is 0.444 e. The fourth-order valence-electron chi connectivity index (χ4n) is 6.95. The summed E-state index contributed by atoms with van der Waals surface area (Å²) in [4.78, 5) is 38.5. The number of piperazine rings is 1. The van der Waals surface area contributed by atoms with Crippen molar-refractivity contribution in [2.24, 2.45) is 0 Å². The molecular weight excluding hydrogens is 796 g/mol. The minimum Gasteiger partial charge on any atom is -0.444 e. The van der Waals surface area contributed by atoms with Crippen LogP contribution in [0.4, 0.5) is 35.0 Å². The Morgan fingerprint density at radius 1 is 0.864 bits per heavy atom. The molecule has 2 aromatic heterocycles. The van der Waals surface area contributed by atoms with Gasteiger partial charge < -0.3 is 24.6 Å². The molecular formula is C44H42ClF2N7O4S. The van der Waals surface area contributed by atoms with Gasteiger partial charge in [0, 0.05) is 42.7 Å². The zero-order valence-electron chi connectivity index (χ0n) is 33.3. The van der Waals surface area contributed by atoms with Crippen LogP contribution in [0.3, 0.4) is 0 Å². The van der Waals surface area contributed by atoms with Gasteiger partial charge in [-0.3, -0.25) is 5.32 Å².